The second kappa shape index (κ2) is 9.70. The molecule has 1 heterocycles. The molecule has 0 aromatic heterocycles. The third-order valence-electron chi connectivity index (χ3n) is 4.38. The van der Waals surface area contributed by atoms with E-state index in [1.54, 1.807) is 42.5 Å². The Balaban J connectivity index is 1.56. The van der Waals surface area contributed by atoms with E-state index in [0.29, 0.717) is 29.2 Å². The maximum atomic E-state index is 12.5. The van der Waals surface area contributed by atoms with E-state index in [2.05, 4.69) is 10.6 Å². The minimum absolute atomic E-state index is 0.130. The fourth-order valence-corrected chi connectivity index (χ4v) is 2.88. The maximum absolute atomic E-state index is 12.5. The van der Waals surface area contributed by atoms with Crippen LogP contribution in [0, 0.1) is 0 Å². The number of hydrogen-bond acceptors (Lipinski definition) is 5. The van der Waals surface area contributed by atoms with Crippen molar-refractivity contribution in [3.8, 4) is 5.75 Å². The number of carbonyl (C=O) groups is 3. The van der Waals surface area contributed by atoms with E-state index in [9.17, 15) is 14.4 Å². The van der Waals surface area contributed by atoms with Gasteiger partial charge in [-0.1, -0.05) is 6.07 Å². The van der Waals surface area contributed by atoms with Crippen LogP contribution in [0.2, 0.25) is 0 Å². The first kappa shape index (κ1) is 20.3. The van der Waals surface area contributed by atoms with Gasteiger partial charge in [0.1, 0.15) is 12.4 Å². The quantitative estimate of drug-likeness (QED) is 0.626. The topological polar surface area (TPSA) is 120 Å². The lowest BCUT2D eigenvalue weighted by Crippen LogP contribution is -2.33. The molecule has 29 heavy (non-hydrogen) atoms. The van der Waals surface area contributed by atoms with Gasteiger partial charge in [-0.2, -0.15) is 0 Å². The van der Waals surface area contributed by atoms with Crippen LogP contribution < -0.4 is 21.1 Å². The number of nitrogens with one attached hydrogen (secondary N) is 2. The van der Waals surface area contributed by atoms with Crippen molar-refractivity contribution in [3.63, 3.8) is 0 Å². The lowest BCUT2D eigenvalue weighted by atomic mass is 10.1. The van der Waals surface area contributed by atoms with Crippen LogP contribution >= 0.6 is 0 Å². The van der Waals surface area contributed by atoms with Crippen molar-refractivity contribution >= 4 is 23.4 Å². The molecule has 152 valence electrons. The smallest absolute Gasteiger partial charge is 0.255 e. The number of benzene rings is 2. The van der Waals surface area contributed by atoms with Gasteiger partial charge < -0.3 is 25.8 Å². The molecule has 1 atom stereocenters. The molecule has 1 aliphatic rings. The molecule has 1 fully saturated rings. The van der Waals surface area contributed by atoms with Crippen molar-refractivity contribution < 1.29 is 23.9 Å². The monoisotopic (exact) mass is 397 g/mol. The minimum atomic E-state index is -0.633. The van der Waals surface area contributed by atoms with E-state index in [-0.39, 0.29) is 18.6 Å². The van der Waals surface area contributed by atoms with E-state index in [0.717, 1.165) is 19.4 Å². The summed E-state index contributed by atoms with van der Waals surface area (Å²) in [6.45, 7) is 1.02. The SMILES string of the molecule is NC(=O)CNC(=O)c1cccc(NC(=O)c2ccc(OCC3CCCO3)cc2)c1. The highest BCUT2D eigenvalue weighted by molar-refractivity contribution is 6.05. The molecule has 0 bridgehead atoms. The van der Waals surface area contributed by atoms with Gasteiger partial charge in [0.25, 0.3) is 11.8 Å². The first-order valence-electron chi connectivity index (χ1n) is 9.33. The Labute approximate surface area is 168 Å². The number of carbonyl (C=O) groups excluding carboxylic acids is 3. The summed E-state index contributed by atoms with van der Waals surface area (Å²) in [4.78, 5) is 35.2. The lowest BCUT2D eigenvalue weighted by molar-refractivity contribution is -0.117. The van der Waals surface area contributed by atoms with Crippen molar-refractivity contribution in [2.45, 2.75) is 18.9 Å². The van der Waals surface area contributed by atoms with Crippen LogP contribution in [0.4, 0.5) is 5.69 Å². The van der Waals surface area contributed by atoms with Crippen LogP contribution in [0.1, 0.15) is 33.6 Å². The zero-order valence-electron chi connectivity index (χ0n) is 15.9. The van der Waals surface area contributed by atoms with E-state index in [4.69, 9.17) is 15.2 Å². The Morgan fingerprint density at radius 1 is 1.07 bits per heavy atom. The molecule has 3 amide bonds. The molecule has 8 heteroatoms. The molecule has 3 rings (SSSR count). The molecule has 0 saturated carbocycles. The molecule has 2 aromatic rings. The molecule has 8 nitrogen and oxygen atoms in total. The second-order valence-electron chi connectivity index (χ2n) is 6.65. The van der Waals surface area contributed by atoms with E-state index in [1.807, 2.05) is 0 Å². The molecular formula is C21H23N3O5. The van der Waals surface area contributed by atoms with Gasteiger partial charge in [0, 0.05) is 23.4 Å². The third-order valence-corrected chi connectivity index (χ3v) is 4.38. The Morgan fingerprint density at radius 2 is 1.86 bits per heavy atom. The number of amides is 3. The van der Waals surface area contributed by atoms with Gasteiger partial charge in [-0.25, -0.2) is 0 Å². The summed E-state index contributed by atoms with van der Waals surface area (Å²) in [5, 5.41) is 5.14. The number of primary amides is 1. The fraction of sp³-hybridized carbons (Fsp3) is 0.286. The highest BCUT2D eigenvalue weighted by Crippen LogP contribution is 2.18. The van der Waals surface area contributed by atoms with Gasteiger partial charge >= 0.3 is 0 Å². The maximum Gasteiger partial charge on any atom is 0.255 e. The van der Waals surface area contributed by atoms with Crippen molar-refractivity contribution in [1.82, 2.24) is 5.32 Å². The highest BCUT2D eigenvalue weighted by atomic mass is 16.5. The second-order valence-corrected chi connectivity index (χ2v) is 6.65. The molecular weight excluding hydrogens is 374 g/mol. The van der Waals surface area contributed by atoms with Crippen LogP contribution in [0.5, 0.6) is 5.75 Å². The molecule has 1 saturated heterocycles. The predicted octanol–water partition coefficient (Wildman–Crippen LogP) is 1.71. The van der Waals surface area contributed by atoms with Gasteiger partial charge in [-0.05, 0) is 55.3 Å². The number of nitrogens with two attached hydrogens (primary N) is 1. The summed E-state index contributed by atoms with van der Waals surface area (Å²) in [6, 6.07) is 13.2. The van der Waals surface area contributed by atoms with Gasteiger partial charge in [0.2, 0.25) is 5.91 Å². The summed E-state index contributed by atoms with van der Waals surface area (Å²) in [5.74, 6) is -0.728. The summed E-state index contributed by atoms with van der Waals surface area (Å²) in [7, 11) is 0. The van der Waals surface area contributed by atoms with Crippen molar-refractivity contribution in [2.24, 2.45) is 5.73 Å². The van der Waals surface area contributed by atoms with Gasteiger partial charge in [0.05, 0.1) is 12.6 Å². The highest BCUT2D eigenvalue weighted by Gasteiger charge is 2.16. The molecule has 2 aromatic carbocycles. The van der Waals surface area contributed by atoms with Crippen molar-refractivity contribution in [3.05, 3.63) is 59.7 Å². The van der Waals surface area contributed by atoms with E-state index in [1.165, 1.54) is 6.07 Å². The Kier molecular flexibility index (Phi) is 6.80. The minimum Gasteiger partial charge on any atom is -0.491 e. The first-order chi connectivity index (χ1) is 14.0. The molecule has 1 aliphatic heterocycles. The van der Waals surface area contributed by atoms with Gasteiger partial charge in [-0.15, -0.1) is 0 Å². The van der Waals surface area contributed by atoms with Crippen molar-refractivity contribution in [1.29, 1.82) is 0 Å². The number of ether oxygens (including phenoxy) is 2. The molecule has 1 unspecified atom stereocenters. The molecule has 0 radical (unpaired) electrons. The van der Waals surface area contributed by atoms with Crippen LogP contribution in [0.25, 0.3) is 0 Å². The molecule has 0 spiro atoms. The van der Waals surface area contributed by atoms with Crippen LogP contribution in [-0.2, 0) is 9.53 Å². The third kappa shape index (κ3) is 6.05. The van der Waals surface area contributed by atoms with Crippen molar-refractivity contribution in [2.75, 3.05) is 25.1 Å². The summed E-state index contributed by atoms with van der Waals surface area (Å²) >= 11 is 0. The lowest BCUT2D eigenvalue weighted by Gasteiger charge is -2.12. The van der Waals surface area contributed by atoms with Crippen LogP contribution in [0.3, 0.4) is 0 Å². The number of rotatable bonds is 8. The largest absolute Gasteiger partial charge is 0.491 e. The number of anilines is 1. The Morgan fingerprint density at radius 3 is 2.55 bits per heavy atom. The summed E-state index contributed by atoms with van der Waals surface area (Å²) < 4.78 is 11.2. The first-order valence-corrected chi connectivity index (χ1v) is 9.33. The molecule has 4 N–H and O–H groups in total. The molecule has 0 aliphatic carbocycles. The predicted molar refractivity (Wildman–Crippen MR) is 107 cm³/mol. The number of hydrogen-bond donors (Lipinski definition) is 3. The zero-order valence-corrected chi connectivity index (χ0v) is 15.9. The normalized spacial score (nSPS) is 15.5. The van der Waals surface area contributed by atoms with Gasteiger partial charge in [-0.3, -0.25) is 14.4 Å². The average Bonchev–Trinajstić information content (AvgIpc) is 3.24. The zero-order chi connectivity index (χ0) is 20.6. The summed E-state index contributed by atoms with van der Waals surface area (Å²) in [6.07, 6.45) is 2.19. The van der Waals surface area contributed by atoms with E-state index >= 15 is 0 Å². The van der Waals surface area contributed by atoms with Crippen LogP contribution in [-0.4, -0.2) is 43.6 Å². The Hall–Kier alpha value is -3.39. The summed E-state index contributed by atoms with van der Waals surface area (Å²) in [5.41, 5.74) is 6.24. The average molecular weight is 397 g/mol. The Bertz CT molecular complexity index is 876. The van der Waals surface area contributed by atoms with Gasteiger partial charge in [0.15, 0.2) is 0 Å². The standard InChI is InChI=1S/C21H23N3O5/c22-19(25)12-23-20(26)15-3-1-4-16(11-15)24-21(27)14-6-8-17(9-7-14)29-13-18-5-2-10-28-18/h1,3-4,6-9,11,18H,2,5,10,12-13H2,(H2,22,25)(H,23,26)(H,24,27). The fourth-order valence-electron chi connectivity index (χ4n) is 2.88. The van der Waals surface area contributed by atoms with Crippen LogP contribution in [0.15, 0.2) is 48.5 Å². The van der Waals surface area contributed by atoms with E-state index < -0.39 is 11.8 Å².